The van der Waals surface area contributed by atoms with Crippen LogP contribution in [0, 0.1) is 0 Å². The third-order valence-corrected chi connectivity index (χ3v) is 14.7. The first-order valence-electron chi connectivity index (χ1n) is 31.7. The van der Waals surface area contributed by atoms with E-state index in [9.17, 15) is 19.8 Å². The highest BCUT2D eigenvalue weighted by Crippen LogP contribution is 2.17. The lowest BCUT2D eigenvalue weighted by Crippen LogP contribution is -2.45. The Kier molecular flexibility index (Phi) is 59.0. The monoisotopic (exact) mass is 998 g/mol. The van der Waals surface area contributed by atoms with E-state index in [0.29, 0.717) is 25.9 Å². The maximum Gasteiger partial charge on any atom is 0.305 e. The second-order valence-electron chi connectivity index (χ2n) is 21.7. The Hall–Kier alpha value is -1.92. The van der Waals surface area contributed by atoms with Gasteiger partial charge in [0.15, 0.2) is 0 Å². The number of hydrogen-bond donors (Lipinski definition) is 3. The number of hydrogen-bond acceptors (Lipinski definition) is 5. The Morgan fingerprint density at radius 1 is 0.394 bits per heavy atom. The zero-order valence-electron chi connectivity index (χ0n) is 47.7. The highest BCUT2D eigenvalue weighted by molar-refractivity contribution is 5.76. The summed E-state index contributed by atoms with van der Waals surface area (Å²) >= 11 is 0. The Labute approximate surface area is 443 Å². The lowest BCUT2D eigenvalue weighted by Gasteiger charge is -2.22. The number of carbonyl (C=O) groups is 2. The van der Waals surface area contributed by atoms with Crippen LogP contribution in [0.15, 0.2) is 36.5 Å². The number of aliphatic hydroxyl groups excluding tert-OH is 2. The number of rotatable bonds is 59. The summed E-state index contributed by atoms with van der Waals surface area (Å²) in [5.74, 6) is -0.0489. The third kappa shape index (κ3) is 57.2. The van der Waals surface area contributed by atoms with Crippen LogP contribution in [0.25, 0.3) is 0 Å². The third-order valence-electron chi connectivity index (χ3n) is 14.7. The van der Waals surface area contributed by atoms with Crippen molar-refractivity contribution in [2.75, 3.05) is 13.2 Å². The predicted octanol–water partition coefficient (Wildman–Crippen LogP) is 20.0. The molecule has 6 heteroatoms. The number of esters is 1. The second-order valence-corrected chi connectivity index (χ2v) is 21.7. The summed E-state index contributed by atoms with van der Waals surface area (Å²) in [7, 11) is 0. The van der Waals surface area contributed by atoms with Gasteiger partial charge in [-0.2, -0.15) is 0 Å². The molecule has 0 aliphatic rings. The van der Waals surface area contributed by atoms with E-state index in [-0.39, 0.29) is 18.5 Å². The van der Waals surface area contributed by atoms with E-state index in [2.05, 4.69) is 55.6 Å². The molecule has 0 radical (unpaired) electrons. The van der Waals surface area contributed by atoms with Crippen molar-refractivity contribution in [1.82, 2.24) is 5.32 Å². The number of nitrogens with one attached hydrogen (secondary N) is 1. The minimum absolute atomic E-state index is 0.00748. The summed E-state index contributed by atoms with van der Waals surface area (Å²) < 4.78 is 5.47. The van der Waals surface area contributed by atoms with Crippen molar-refractivity contribution in [3.8, 4) is 0 Å². The van der Waals surface area contributed by atoms with E-state index < -0.39 is 12.1 Å². The van der Waals surface area contributed by atoms with Crippen molar-refractivity contribution in [2.45, 2.75) is 353 Å². The van der Waals surface area contributed by atoms with Crippen LogP contribution in [0.4, 0.5) is 0 Å². The first-order valence-corrected chi connectivity index (χ1v) is 31.7. The number of aliphatic hydroxyl groups is 2. The fraction of sp³-hybridized carbons (Fsp3) is 0.877. The number of allylic oxidation sites excluding steroid dienone is 6. The summed E-state index contributed by atoms with van der Waals surface area (Å²) in [6.07, 6.45) is 75.8. The minimum atomic E-state index is -0.671. The molecule has 6 nitrogen and oxygen atoms in total. The van der Waals surface area contributed by atoms with E-state index in [1.165, 1.54) is 257 Å². The highest BCUT2D eigenvalue weighted by atomic mass is 16.5. The molecule has 0 aliphatic carbocycles. The van der Waals surface area contributed by atoms with Gasteiger partial charge in [0.05, 0.1) is 25.4 Å². The minimum Gasteiger partial charge on any atom is -0.466 e. The van der Waals surface area contributed by atoms with E-state index in [4.69, 9.17) is 4.74 Å². The van der Waals surface area contributed by atoms with Gasteiger partial charge in [-0.1, -0.05) is 281 Å². The number of unbranched alkanes of at least 4 members (excludes halogenated alkanes) is 42. The molecule has 0 heterocycles. The average Bonchev–Trinajstić information content (AvgIpc) is 3.37. The first-order chi connectivity index (χ1) is 35.0. The predicted molar refractivity (Wildman–Crippen MR) is 310 cm³/mol. The maximum absolute atomic E-state index is 12.5. The molecule has 2 atom stereocenters. The van der Waals surface area contributed by atoms with Crippen LogP contribution in [0.1, 0.15) is 341 Å². The molecule has 0 rings (SSSR count). The lowest BCUT2D eigenvalue weighted by molar-refractivity contribution is -0.143. The molecule has 0 saturated carbocycles. The molecule has 0 fully saturated rings. The van der Waals surface area contributed by atoms with Crippen LogP contribution in [0.2, 0.25) is 0 Å². The molecule has 2 unspecified atom stereocenters. The molecule has 0 aromatic heterocycles. The van der Waals surface area contributed by atoms with Crippen LogP contribution in [0.5, 0.6) is 0 Å². The summed E-state index contributed by atoms with van der Waals surface area (Å²) in [6, 6.07) is -0.549. The second kappa shape index (κ2) is 60.6. The van der Waals surface area contributed by atoms with Crippen molar-refractivity contribution in [3.05, 3.63) is 36.5 Å². The Morgan fingerprint density at radius 2 is 0.704 bits per heavy atom. The van der Waals surface area contributed by atoms with Crippen molar-refractivity contribution < 1.29 is 24.5 Å². The van der Waals surface area contributed by atoms with Gasteiger partial charge in [-0.25, -0.2) is 0 Å². The van der Waals surface area contributed by atoms with Gasteiger partial charge in [-0.15, -0.1) is 0 Å². The van der Waals surface area contributed by atoms with Gasteiger partial charge in [0.2, 0.25) is 5.91 Å². The quantitative estimate of drug-likeness (QED) is 0.0321. The largest absolute Gasteiger partial charge is 0.466 e. The normalized spacial score (nSPS) is 12.8. The zero-order chi connectivity index (χ0) is 51.4. The van der Waals surface area contributed by atoms with Crippen molar-refractivity contribution >= 4 is 11.9 Å². The Bertz CT molecular complexity index is 1150. The number of ether oxygens (including phenoxy) is 1. The molecule has 0 aromatic carbocycles. The molecular weight excluding hydrogens is 875 g/mol. The standard InChI is InChI=1S/C65H123NO5/c1-3-5-7-9-11-13-15-17-19-20-23-26-30-33-37-41-45-49-53-57-63(68)62(61-67)66-64(69)58-54-50-46-42-38-34-31-27-24-21-22-25-28-32-36-40-44-48-52-56-60-71-65(70)59-55-51-47-43-39-35-29-18-16-14-12-10-8-6-4-2/h12,14,18,21,24,29,62-63,67-68H,3-11,13,15-17,19-20,22-23,25-28,30-61H2,1-2H3,(H,66,69)/b14-12-,24-21-,29-18-. The fourth-order valence-corrected chi connectivity index (χ4v) is 9.78. The molecule has 0 aromatic rings. The zero-order valence-corrected chi connectivity index (χ0v) is 47.7. The van der Waals surface area contributed by atoms with E-state index >= 15 is 0 Å². The summed E-state index contributed by atoms with van der Waals surface area (Å²) in [5.41, 5.74) is 0. The Balaban J connectivity index is 3.44. The smallest absolute Gasteiger partial charge is 0.305 e. The molecule has 71 heavy (non-hydrogen) atoms. The molecule has 0 spiro atoms. The molecule has 3 N–H and O–H groups in total. The molecular formula is C65H123NO5. The van der Waals surface area contributed by atoms with Gasteiger partial charge in [-0.3, -0.25) is 9.59 Å². The van der Waals surface area contributed by atoms with Gasteiger partial charge < -0.3 is 20.3 Å². The molecule has 0 aliphatic heterocycles. The first kappa shape index (κ1) is 69.1. The Morgan fingerprint density at radius 3 is 1.11 bits per heavy atom. The average molecular weight is 999 g/mol. The van der Waals surface area contributed by atoms with Crippen molar-refractivity contribution in [2.24, 2.45) is 0 Å². The van der Waals surface area contributed by atoms with Crippen LogP contribution < -0.4 is 5.32 Å². The van der Waals surface area contributed by atoms with Crippen molar-refractivity contribution in [3.63, 3.8) is 0 Å². The molecule has 0 saturated heterocycles. The van der Waals surface area contributed by atoms with Gasteiger partial charge in [0.1, 0.15) is 0 Å². The van der Waals surface area contributed by atoms with Gasteiger partial charge in [0.25, 0.3) is 0 Å². The van der Waals surface area contributed by atoms with Gasteiger partial charge in [-0.05, 0) is 83.5 Å². The van der Waals surface area contributed by atoms with Crippen LogP contribution in [-0.2, 0) is 14.3 Å². The fourth-order valence-electron chi connectivity index (χ4n) is 9.78. The maximum atomic E-state index is 12.5. The van der Waals surface area contributed by atoms with E-state index in [1.807, 2.05) is 0 Å². The number of carbonyl (C=O) groups excluding carboxylic acids is 2. The lowest BCUT2D eigenvalue weighted by atomic mass is 10.0. The SMILES string of the molecule is CCCCC/C=C\C/C=C\CCCCCCCC(=O)OCCCCCCCCCCC/C=C\CCCCCCCCCC(=O)NC(CO)C(O)CCCCCCCCCCCCCCCCCCCCC. The van der Waals surface area contributed by atoms with E-state index in [1.54, 1.807) is 0 Å². The summed E-state index contributed by atoms with van der Waals surface area (Å²) in [6.45, 7) is 4.93. The van der Waals surface area contributed by atoms with Gasteiger partial charge in [0, 0.05) is 12.8 Å². The van der Waals surface area contributed by atoms with Crippen LogP contribution in [-0.4, -0.2) is 47.4 Å². The summed E-state index contributed by atoms with van der Waals surface area (Å²) in [5, 5.41) is 23.4. The summed E-state index contributed by atoms with van der Waals surface area (Å²) in [4.78, 5) is 24.6. The molecule has 1 amide bonds. The van der Waals surface area contributed by atoms with E-state index in [0.717, 1.165) is 51.4 Å². The van der Waals surface area contributed by atoms with Gasteiger partial charge >= 0.3 is 5.97 Å². The highest BCUT2D eigenvalue weighted by Gasteiger charge is 2.20. The topological polar surface area (TPSA) is 95.9 Å². The van der Waals surface area contributed by atoms with Crippen LogP contribution in [0.3, 0.4) is 0 Å². The van der Waals surface area contributed by atoms with Crippen molar-refractivity contribution in [1.29, 1.82) is 0 Å². The molecule has 0 bridgehead atoms. The van der Waals surface area contributed by atoms with Crippen LogP contribution >= 0.6 is 0 Å². The molecule has 418 valence electrons. The number of amides is 1.